The molecule has 0 bridgehead atoms. The molecule has 0 aromatic rings. The fourth-order valence-corrected chi connectivity index (χ4v) is 1.10. The molecule has 0 unspecified atom stereocenters. The van der Waals surface area contributed by atoms with Gasteiger partial charge in [-0.25, -0.2) is 4.79 Å². The maximum atomic E-state index is 12.1. The zero-order valence-electron chi connectivity index (χ0n) is 11.5. The van der Waals surface area contributed by atoms with Gasteiger partial charge in [0, 0.05) is 0 Å². The van der Waals surface area contributed by atoms with Gasteiger partial charge in [-0.15, -0.1) is 0 Å². The molecule has 0 heterocycles. The second-order valence-corrected chi connectivity index (χ2v) is 4.18. The second kappa shape index (κ2) is 7.65. The quantitative estimate of drug-likeness (QED) is 0.562. The van der Waals surface area contributed by atoms with Crippen molar-refractivity contribution in [3.05, 3.63) is 0 Å². The highest BCUT2D eigenvalue weighted by Crippen LogP contribution is 2.36. The Morgan fingerprint density at radius 2 is 0.962 bits per heavy atom. The number of carbonyl (C=O) groups excluding carboxylic acids is 2. The summed E-state index contributed by atoms with van der Waals surface area (Å²) in [4.78, 5) is 21.5. The van der Waals surface area contributed by atoms with Crippen molar-refractivity contribution in [2.24, 2.45) is 0 Å². The van der Waals surface area contributed by atoms with Gasteiger partial charge in [-0.3, -0.25) is 4.79 Å². The molecule has 0 saturated heterocycles. The molecule has 0 aliphatic rings. The molecule has 0 saturated carbocycles. The molecule has 1 amide bonds. The SMILES string of the molecule is O=C(CNC(=O)OC(C(F)(F)F)C(F)(F)F)OC(C(F)(F)F)C(F)(F)F. The number of esters is 1. The lowest BCUT2D eigenvalue weighted by molar-refractivity contribution is -0.313. The van der Waals surface area contributed by atoms with Gasteiger partial charge in [0.25, 0.3) is 12.2 Å². The van der Waals surface area contributed by atoms with Crippen LogP contribution in [0.5, 0.6) is 0 Å². The van der Waals surface area contributed by atoms with E-state index in [0.29, 0.717) is 0 Å². The van der Waals surface area contributed by atoms with Crippen LogP contribution < -0.4 is 5.32 Å². The molecular weight excluding hydrogens is 414 g/mol. The smallest absolute Gasteiger partial charge is 0.434 e. The van der Waals surface area contributed by atoms with Crippen molar-refractivity contribution in [1.82, 2.24) is 5.32 Å². The van der Waals surface area contributed by atoms with Gasteiger partial charge in [0.1, 0.15) is 6.54 Å². The molecule has 0 fully saturated rings. The first kappa shape index (κ1) is 23.9. The standard InChI is InChI=1S/C9H5F12NO4/c10-6(11,12)3(7(13,14)15)25-2(23)1-22-5(24)26-4(8(16,17)18)9(19,20)21/h3-4H,1H2,(H,22,24). The van der Waals surface area contributed by atoms with Crippen LogP contribution in [0.25, 0.3) is 0 Å². The fraction of sp³-hybridized carbons (Fsp3) is 0.778. The lowest BCUT2D eigenvalue weighted by Crippen LogP contribution is -2.49. The third kappa shape index (κ3) is 7.85. The third-order valence-corrected chi connectivity index (χ3v) is 2.04. The monoisotopic (exact) mass is 419 g/mol. The van der Waals surface area contributed by atoms with Crippen LogP contribution in [-0.2, 0) is 14.3 Å². The minimum absolute atomic E-state index is 0.795. The molecule has 0 aromatic heterocycles. The normalized spacial score (nSPS) is 13.8. The maximum absolute atomic E-state index is 12.1. The van der Waals surface area contributed by atoms with Crippen LogP contribution in [0.1, 0.15) is 0 Å². The van der Waals surface area contributed by atoms with Crippen LogP contribution in [0, 0.1) is 0 Å². The predicted octanol–water partition coefficient (Wildman–Crippen LogP) is 3.24. The van der Waals surface area contributed by atoms with E-state index in [2.05, 4.69) is 9.47 Å². The van der Waals surface area contributed by atoms with Crippen LogP contribution in [0.4, 0.5) is 57.5 Å². The van der Waals surface area contributed by atoms with Crippen LogP contribution in [0.15, 0.2) is 0 Å². The summed E-state index contributed by atoms with van der Waals surface area (Å²) in [5.41, 5.74) is 0. The van der Waals surface area contributed by atoms with E-state index in [1.807, 2.05) is 0 Å². The summed E-state index contributed by atoms with van der Waals surface area (Å²) in [5, 5.41) is 0.795. The Labute approximate surface area is 134 Å². The number of nitrogens with one attached hydrogen (secondary N) is 1. The average Bonchev–Trinajstić information content (AvgIpc) is 2.34. The average molecular weight is 419 g/mol. The number of alkyl carbamates (subject to hydrolysis) is 1. The van der Waals surface area contributed by atoms with Crippen molar-refractivity contribution in [2.75, 3.05) is 6.54 Å². The maximum Gasteiger partial charge on any atom is 0.434 e. The summed E-state index contributed by atoms with van der Waals surface area (Å²) in [6.07, 6.45) is -36.4. The largest absolute Gasteiger partial charge is 0.441 e. The van der Waals surface area contributed by atoms with Gasteiger partial charge < -0.3 is 14.8 Å². The molecule has 0 spiro atoms. The van der Waals surface area contributed by atoms with E-state index in [1.54, 1.807) is 0 Å². The number of halogens is 12. The van der Waals surface area contributed by atoms with E-state index in [0.717, 1.165) is 5.32 Å². The lowest BCUT2D eigenvalue weighted by atomic mass is 10.3. The number of ether oxygens (including phenoxy) is 2. The first-order chi connectivity index (χ1) is 11.3. The van der Waals surface area contributed by atoms with Gasteiger partial charge in [0.15, 0.2) is 0 Å². The Balaban J connectivity index is 4.84. The van der Waals surface area contributed by atoms with Crippen molar-refractivity contribution in [2.45, 2.75) is 36.9 Å². The molecule has 0 radical (unpaired) electrons. The summed E-state index contributed by atoms with van der Waals surface area (Å²) in [5.74, 6) is -2.46. The number of hydrogen-bond donors (Lipinski definition) is 1. The van der Waals surface area contributed by atoms with E-state index in [-0.39, 0.29) is 0 Å². The number of carbonyl (C=O) groups is 2. The van der Waals surface area contributed by atoms with Gasteiger partial charge in [-0.05, 0) is 0 Å². The van der Waals surface area contributed by atoms with Crippen molar-refractivity contribution in [3.63, 3.8) is 0 Å². The number of amides is 1. The van der Waals surface area contributed by atoms with Crippen LogP contribution >= 0.6 is 0 Å². The molecule has 0 rings (SSSR count). The Morgan fingerprint density at radius 3 is 1.27 bits per heavy atom. The van der Waals surface area contributed by atoms with Crippen LogP contribution in [0.2, 0.25) is 0 Å². The Morgan fingerprint density at radius 1 is 0.654 bits per heavy atom. The highest BCUT2D eigenvalue weighted by molar-refractivity contribution is 5.78. The molecule has 0 atom stereocenters. The second-order valence-electron chi connectivity index (χ2n) is 4.18. The van der Waals surface area contributed by atoms with E-state index in [9.17, 15) is 62.3 Å². The summed E-state index contributed by atoms with van der Waals surface area (Å²) < 4.78 is 150. The fourth-order valence-electron chi connectivity index (χ4n) is 1.10. The van der Waals surface area contributed by atoms with Gasteiger partial charge in [0.05, 0.1) is 0 Å². The number of rotatable bonds is 4. The van der Waals surface area contributed by atoms with E-state index in [4.69, 9.17) is 0 Å². The molecule has 26 heavy (non-hydrogen) atoms. The third-order valence-electron chi connectivity index (χ3n) is 2.04. The van der Waals surface area contributed by atoms with Crippen molar-refractivity contribution in [1.29, 1.82) is 0 Å². The van der Waals surface area contributed by atoms with Gasteiger partial charge in [-0.1, -0.05) is 0 Å². The summed E-state index contributed by atoms with van der Waals surface area (Å²) in [6.45, 7) is -1.94. The molecule has 17 heteroatoms. The Hall–Kier alpha value is -2.10. The summed E-state index contributed by atoms with van der Waals surface area (Å²) >= 11 is 0. The summed E-state index contributed by atoms with van der Waals surface area (Å²) in [6, 6.07) is 0. The van der Waals surface area contributed by atoms with Gasteiger partial charge >= 0.3 is 36.8 Å². The molecule has 1 N–H and O–H groups in total. The van der Waals surface area contributed by atoms with Crippen molar-refractivity contribution < 1.29 is 71.7 Å². The topological polar surface area (TPSA) is 64.6 Å². The van der Waals surface area contributed by atoms with Gasteiger partial charge in [0.2, 0.25) is 0 Å². The van der Waals surface area contributed by atoms with Crippen molar-refractivity contribution >= 4 is 12.1 Å². The highest BCUT2D eigenvalue weighted by atomic mass is 19.4. The van der Waals surface area contributed by atoms with Gasteiger partial charge in [-0.2, -0.15) is 52.7 Å². The van der Waals surface area contributed by atoms with E-state index >= 15 is 0 Å². The molecule has 5 nitrogen and oxygen atoms in total. The van der Waals surface area contributed by atoms with Crippen LogP contribution in [-0.4, -0.2) is 55.5 Å². The lowest BCUT2D eigenvalue weighted by Gasteiger charge is -2.24. The first-order valence-electron chi connectivity index (χ1n) is 5.67. The zero-order valence-corrected chi connectivity index (χ0v) is 11.5. The van der Waals surface area contributed by atoms with E-state index < -0.39 is 55.5 Å². The van der Waals surface area contributed by atoms with Crippen molar-refractivity contribution in [3.8, 4) is 0 Å². The first-order valence-corrected chi connectivity index (χ1v) is 5.67. The highest BCUT2D eigenvalue weighted by Gasteiger charge is 2.61. The van der Waals surface area contributed by atoms with Crippen LogP contribution in [0.3, 0.4) is 0 Å². The molecule has 0 aromatic carbocycles. The number of hydrogen-bond acceptors (Lipinski definition) is 4. The molecular formula is C9H5F12NO4. The predicted molar refractivity (Wildman–Crippen MR) is 52.4 cm³/mol. The molecule has 0 aliphatic heterocycles. The zero-order chi connectivity index (χ0) is 21.1. The number of alkyl halides is 12. The Kier molecular flexibility index (Phi) is 7.03. The summed E-state index contributed by atoms with van der Waals surface area (Å²) in [7, 11) is 0. The molecule has 0 aliphatic carbocycles. The minimum Gasteiger partial charge on any atom is -0.441 e. The van der Waals surface area contributed by atoms with E-state index in [1.165, 1.54) is 0 Å². The minimum atomic E-state index is -6.13. The molecule has 154 valence electrons. The Bertz CT molecular complexity index is 431.